The summed E-state index contributed by atoms with van der Waals surface area (Å²) < 4.78 is 47.0. The van der Waals surface area contributed by atoms with Crippen molar-refractivity contribution in [2.45, 2.75) is 25.3 Å². The molecule has 1 saturated heterocycles. The van der Waals surface area contributed by atoms with Crippen molar-refractivity contribution >= 4 is 19.9 Å². The van der Waals surface area contributed by atoms with Crippen molar-refractivity contribution in [1.82, 2.24) is 9.62 Å². The van der Waals surface area contributed by atoms with E-state index in [9.17, 15) is 16.8 Å². The number of hydrogen-bond acceptors (Lipinski definition) is 5. The number of hydrogen-bond donors (Lipinski definition) is 1. The van der Waals surface area contributed by atoms with Gasteiger partial charge in [-0.1, -0.05) is 6.42 Å². The Bertz CT molecular complexity index is 452. The van der Waals surface area contributed by atoms with E-state index < -0.39 is 19.9 Å². The number of likely N-dealkylation sites (N-methyl/N-ethyl adjacent to an activating group) is 1. The summed E-state index contributed by atoms with van der Waals surface area (Å²) in [7, 11) is -5.22. The Morgan fingerprint density at radius 1 is 1.17 bits per heavy atom. The van der Waals surface area contributed by atoms with Crippen LogP contribution in [0.15, 0.2) is 0 Å². The second-order valence-electron chi connectivity index (χ2n) is 4.87. The predicted molar refractivity (Wildman–Crippen MR) is 71.8 cm³/mol. The Morgan fingerprint density at radius 2 is 1.83 bits per heavy atom. The van der Waals surface area contributed by atoms with Crippen molar-refractivity contribution in [1.29, 1.82) is 0 Å². The number of nitrogens with zero attached hydrogens (tertiary/aromatic N) is 1. The molecule has 0 aromatic rings. The highest BCUT2D eigenvalue weighted by Crippen LogP contribution is 2.10. The second kappa shape index (κ2) is 6.31. The molecular weight excluding hydrogens is 276 g/mol. The van der Waals surface area contributed by atoms with Crippen LogP contribution in [0, 0.1) is 0 Å². The van der Waals surface area contributed by atoms with Gasteiger partial charge in [0.25, 0.3) is 0 Å². The molecule has 0 aromatic carbocycles. The molecule has 0 aromatic heterocycles. The van der Waals surface area contributed by atoms with E-state index in [2.05, 4.69) is 5.32 Å². The van der Waals surface area contributed by atoms with Crippen LogP contribution in [0.25, 0.3) is 0 Å². The van der Waals surface area contributed by atoms with Gasteiger partial charge in [0.05, 0.1) is 11.5 Å². The Labute approximate surface area is 110 Å². The van der Waals surface area contributed by atoms with Gasteiger partial charge in [0, 0.05) is 25.9 Å². The molecule has 6 nitrogen and oxygen atoms in total. The van der Waals surface area contributed by atoms with Gasteiger partial charge < -0.3 is 5.32 Å². The molecule has 1 rings (SSSR count). The van der Waals surface area contributed by atoms with Crippen LogP contribution in [0.1, 0.15) is 19.3 Å². The smallest absolute Gasteiger partial charge is 0.214 e. The van der Waals surface area contributed by atoms with Gasteiger partial charge in [0.2, 0.25) is 10.0 Å². The van der Waals surface area contributed by atoms with Gasteiger partial charge in [-0.05, 0) is 19.4 Å². The minimum absolute atomic E-state index is 0.178. The standard InChI is InChI=1S/C10H22N2O4S2/c1-12(9-10-5-3-4-6-11-10)18(15,16)8-7-17(2,13)14/h10-11H,3-9H2,1-2H3. The van der Waals surface area contributed by atoms with Crippen molar-refractivity contribution in [3.05, 3.63) is 0 Å². The highest BCUT2D eigenvalue weighted by Gasteiger charge is 2.23. The van der Waals surface area contributed by atoms with Crippen LogP contribution in [0.4, 0.5) is 0 Å². The average molecular weight is 298 g/mol. The summed E-state index contributed by atoms with van der Waals surface area (Å²) in [5.74, 6) is -0.660. The molecular formula is C10H22N2O4S2. The van der Waals surface area contributed by atoms with Crippen LogP contribution in [0.2, 0.25) is 0 Å². The van der Waals surface area contributed by atoms with E-state index in [0.717, 1.165) is 32.1 Å². The quantitative estimate of drug-likeness (QED) is 0.710. The molecule has 1 aliphatic heterocycles. The first kappa shape index (κ1) is 15.9. The van der Waals surface area contributed by atoms with E-state index >= 15 is 0 Å². The molecule has 0 amide bonds. The van der Waals surface area contributed by atoms with Crippen molar-refractivity contribution < 1.29 is 16.8 Å². The lowest BCUT2D eigenvalue weighted by molar-refractivity contribution is 0.338. The summed E-state index contributed by atoms with van der Waals surface area (Å²) in [5, 5.41) is 3.27. The van der Waals surface area contributed by atoms with Crippen LogP contribution in [0.3, 0.4) is 0 Å². The molecule has 0 bridgehead atoms. The van der Waals surface area contributed by atoms with E-state index in [4.69, 9.17) is 0 Å². The third kappa shape index (κ3) is 5.64. The third-order valence-corrected chi connectivity index (χ3v) is 6.10. The van der Waals surface area contributed by atoms with Gasteiger partial charge in [-0.15, -0.1) is 0 Å². The number of piperidine rings is 1. The number of sulfonamides is 1. The van der Waals surface area contributed by atoms with Crippen molar-refractivity contribution in [2.75, 3.05) is 37.9 Å². The molecule has 0 spiro atoms. The van der Waals surface area contributed by atoms with Crippen LogP contribution >= 0.6 is 0 Å². The van der Waals surface area contributed by atoms with Gasteiger partial charge in [0.1, 0.15) is 9.84 Å². The minimum atomic E-state index is -3.48. The summed E-state index contributed by atoms with van der Waals surface area (Å²) in [5.41, 5.74) is 0. The molecule has 1 fully saturated rings. The van der Waals surface area contributed by atoms with E-state index in [0.29, 0.717) is 6.54 Å². The first-order valence-electron chi connectivity index (χ1n) is 6.06. The third-order valence-electron chi connectivity index (χ3n) is 3.08. The maximum Gasteiger partial charge on any atom is 0.214 e. The molecule has 1 unspecified atom stereocenters. The molecule has 18 heavy (non-hydrogen) atoms. The normalized spacial score (nSPS) is 22.3. The Balaban J connectivity index is 2.50. The molecule has 1 heterocycles. The second-order valence-corrected chi connectivity index (χ2v) is 9.33. The largest absolute Gasteiger partial charge is 0.313 e. The molecule has 108 valence electrons. The monoisotopic (exact) mass is 298 g/mol. The topological polar surface area (TPSA) is 83.6 Å². The van der Waals surface area contributed by atoms with Crippen molar-refractivity contribution in [2.24, 2.45) is 0 Å². The highest BCUT2D eigenvalue weighted by molar-refractivity contribution is 7.93. The zero-order valence-corrected chi connectivity index (χ0v) is 12.6. The van der Waals surface area contributed by atoms with Crippen LogP contribution < -0.4 is 5.32 Å². The molecule has 1 atom stereocenters. The average Bonchev–Trinajstić information content (AvgIpc) is 2.27. The van der Waals surface area contributed by atoms with E-state index in [1.165, 1.54) is 11.4 Å². The summed E-state index contributed by atoms with van der Waals surface area (Å²) in [4.78, 5) is 0. The summed E-state index contributed by atoms with van der Waals surface area (Å²) in [6.45, 7) is 1.33. The van der Waals surface area contributed by atoms with Gasteiger partial charge in [-0.2, -0.15) is 0 Å². The maximum absolute atomic E-state index is 11.9. The summed E-state index contributed by atoms with van der Waals surface area (Å²) in [6.07, 6.45) is 4.24. The molecule has 0 saturated carbocycles. The highest BCUT2D eigenvalue weighted by atomic mass is 32.2. The predicted octanol–water partition coefficient (Wildman–Crippen LogP) is -0.565. The van der Waals surface area contributed by atoms with Gasteiger partial charge >= 0.3 is 0 Å². The number of sulfone groups is 1. The van der Waals surface area contributed by atoms with Gasteiger partial charge in [-0.3, -0.25) is 0 Å². The Hall–Kier alpha value is -0.180. The van der Waals surface area contributed by atoms with E-state index in [1.54, 1.807) is 0 Å². The number of rotatable bonds is 6. The van der Waals surface area contributed by atoms with Gasteiger partial charge in [0.15, 0.2) is 0 Å². The number of nitrogens with one attached hydrogen (secondary N) is 1. The fourth-order valence-electron chi connectivity index (χ4n) is 1.92. The van der Waals surface area contributed by atoms with Crippen LogP contribution in [0.5, 0.6) is 0 Å². The van der Waals surface area contributed by atoms with Crippen LogP contribution in [-0.2, 0) is 19.9 Å². The molecule has 1 aliphatic rings. The van der Waals surface area contributed by atoms with Crippen molar-refractivity contribution in [3.63, 3.8) is 0 Å². The van der Waals surface area contributed by atoms with E-state index in [-0.39, 0.29) is 17.5 Å². The van der Waals surface area contributed by atoms with Gasteiger partial charge in [-0.25, -0.2) is 21.1 Å². The fraction of sp³-hybridized carbons (Fsp3) is 1.00. The first-order chi connectivity index (χ1) is 8.21. The molecule has 0 radical (unpaired) electrons. The lowest BCUT2D eigenvalue weighted by Gasteiger charge is -2.27. The Kier molecular flexibility index (Phi) is 5.57. The van der Waals surface area contributed by atoms with Crippen LogP contribution in [-0.4, -0.2) is 65.1 Å². The molecule has 8 heteroatoms. The first-order valence-corrected chi connectivity index (χ1v) is 9.73. The summed E-state index contributed by atoms with van der Waals surface area (Å²) in [6, 6.07) is 0.178. The lowest BCUT2D eigenvalue weighted by atomic mass is 10.1. The zero-order chi connectivity index (χ0) is 13.8. The zero-order valence-electron chi connectivity index (χ0n) is 10.9. The lowest BCUT2D eigenvalue weighted by Crippen LogP contribution is -2.45. The minimum Gasteiger partial charge on any atom is -0.313 e. The van der Waals surface area contributed by atoms with E-state index in [1.807, 2.05) is 0 Å². The van der Waals surface area contributed by atoms with Crippen molar-refractivity contribution in [3.8, 4) is 0 Å². The summed E-state index contributed by atoms with van der Waals surface area (Å²) >= 11 is 0. The maximum atomic E-state index is 11.9. The fourth-order valence-corrected chi connectivity index (χ4v) is 4.69. The SMILES string of the molecule is CN(CC1CCCCN1)S(=O)(=O)CCS(C)(=O)=O. The molecule has 1 N–H and O–H groups in total. The Morgan fingerprint density at radius 3 is 2.33 bits per heavy atom. The molecule has 0 aliphatic carbocycles.